The van der Waals surface area contributed by atoms with E-state index in [4.69, 9.17) is 19.1 Å². The second-order valence-electron chi connectivity index (χ2n) is 6.57. The molecule has 1 aromatic carbocycles. The maximum Gasteiger partial charge on any atom is 0.573 e. The number of nitrogens with one attached hydrogen (secondary N) is 2. The number of esters is 1. The number of fused-ring (bicyclic) bond motifs is 1. The molecule has 1 aromatic rings. The highest BCUT2D eigenvalue weighted by molar-refractivity contribution is 5.96. The lowest BCUT2D eigenvalue weighted by Crippen LogP contribution is -2.42. The number of aryl methyl sites for hydroxylation is 1. The van der Waals surface area contributed by atoms with Crippen LogP contribution in [-0.4, -0.2) is 58.1 Å². The molecule has 16 heteroatoms. The van der Waals surface area contributed by atoms with Gasteiger partial charge >= 0.3 is 18.5 Å². The van der Waals surface area contributed by atoms with E-state index < -0.39 is 55.3 Å². The summed E-state index contributed by atoms with van der Waals surface area (Å²) in [5, 5.41) is 0. The fourth-order valence-corrected chi connectivity index (χ4v) is 2.77. The SMILES string of the molecule is CONOCC(CONOC)OC(=O)C1=Cc2cc(OC(F)(F)F)cc(C)c2OC1C(F)(F)F. The molecule has 0 bridgehead atoms. The molecule has 0 aromatic heterocycles. The number of carbonyl (C=O) groups excluding carboxylic acids is 1. The summed E-state index contributed by atoms with van der Waals surface area (Å²) in [5.41, 5.74) is 2.60. The predicted octanol–water partition coefficient (Wildman–Crippen LogP) is 2.68. The molecular weight excluding hydrogens is 486 g/mol. The predicted molar refractivity (Wildman–Crippen MR) is 98.4 cm³/mol. The van der Waals surface area contributed by atoms with E-state index in [9.17, 15) is 31.1 Å². The van der Waals surface area contributed by atoms with Crippen LogP contribution in [0.2, 0.25) is 0 Å². The molecule has 10 nitrogen and oxygen atoms in total. The fraction of sp³-hybridized carbons (Fsp3) is 0.500. The molecule has 1 aliphatic heterocycles. The number of rotatable bonds is 11. The molecule has 0 aliphatic carbocycles. The van der Waals surface area contributed by atoms with Gasteiger partial charge in [0.15, 0.2) is 6.10 Å². The summed E-state index contributed by atoms with van der Waals surface area (Å²) >= 11 is 0. The number of carbonyl (C=O) groups is 1. The van der Waals surface area contributed by atoms with Crippen LogP contribution in [0.25, 0.3) is 6.08 Å². The quantitative estimate of drug-likeness (QED) is 0.201. The Hall–Kier alpha value is -2.63. The van der Waals surface area contributed by atoms with Gasteiger partial charge < -0.3 is 14.2 Å². The lowest BCUT2D eigenvalue weighted by atomic mass is 9.98. The van der Waals surface area contributed by atoms with Crippen molar-refractivity contribution in [3.8, 4) is 11.5 Å². The number of hydrogen-bond acceptors (Lipinski definition) is 10. The summed E-state index contributed by atoms with van der Waals surface area (Å²) in [6.45, 7) is 0.354. The standard InChI is InChI=1S/C18H20F6N2O8/c1-9-4-11(34-18(22,23)24)5-10-6-13(15(17(19,20)21)33-14(9)10)16(27)32-12(7-30-25-28-2)8-31-26-29-3/h4-6,12,15,25-26H,7-8H2,1-3H3. The van der Waals surface area contributed by atoms with Crippen LogP contribution < -0.4 is 20.8 Å². The van der Waals surface area contributed by atoms with Gasteiger partial charge in [0, 0.05) is 5.56 Å². The minimum Gasteiger partial charge on any atom is -0.475 e. The van der Waals surface area contributed by atoms with Crippen molar-refractivity contribution in [1.29, 1.82) is 0 Å². The maximum absolute atomic E-state index is 13.7. The topological polar surface area (TPSA) is 106 Å². The molecule has 1 aliphatic rings. The Morgan fingerprint density at radius 3 is 2.15 bits per heavy atom. The van der Waals surface area contributed by atoms with Gasteiger partial charge in [-0.05, 0) is 30.7 Å². The average Bonchev–Trinajstić information content (AvgIpc) is 2.71. The first-order valence-corrected chi connectivity index (χ1v) is 9.21. The first-order valence-electron chi connectivity index (χ1n) is 9.21. The summed E-state index contributed by atoms with van der Waals surface area (Å²) < 4.78 is 92.6. The van der Waals surface area contributed by atoms with Crippen LogP contribution in [0.1, 0.15) is 11.1 Å². The molecule has 34 heavy (non-hydrogen) atoms. The third-order valence-electron chi connectivity index (χ3n) is 3.97. The Morgan fingerprint density at radius 1 is 1.06 bits per heavy atom. The largest absolute Gasteiger partial charge is 0.573 e. The van der Waals surface area contributed by atoms with Gasteiger partial charge in [0.25, 0.3) is 0 Å². The van der Waals surface area contributed by atoms with Gasteiger partial charge in [-0.25, -0.2) is 4.79 Å². The smallest absolute Gasteiger partial charge is 0.475 e. The van der Waals surface area contributed by atoms with Crippen LogP contribution in [0, 0.1) is 6.92 Å². The Kier molecular flexibility index (Phi) is 9.48. The van der Waals surface area contributed by atoms with Crippen LogP contribution in [0.5, 0.6) is 11.5 Å². The molecule has 1 atom stereocenters. The minimum atomic E-state index is -5.06. The van der Waals surface area contributed by atoms with E-state index in [1.807, 2.05) is 11.3 Å². The molecule has 1 heterocycles. The summed E-state index contributed by atoms with van der Waals surface area (Å²) in [6, 6.07) is 1.64. The summed E-state index contributed by atoms with van der Waals surface area (Å²) in [7, 11) is 2.41. The van der Waals surface area contributed by atoms with Gasteiger partial charge in [-0.1, -0.05) is 11.3 Å². The first kappa shape index (κ1) is 27.6. The molecule has 192 valence electrons. The molecule has 1 unspecified atom stereocenters. The van der Waals surface area contributed by atoms with Crippen molar-refractivity contribution in [1.82, 2.24) is 11.3 Å². The molecule has 2 N–H and O–H groups in total. The molecule has 0 fully saturated rings. The van der Waals surface area contributed by atoms with Gasteiger partial charge in [0.2, 0.25) is 6.10 Å². The second-order valence-corrected chi connectivity index (χ2v) is 6.57. The van der Waals surface area contributed by atoms with Crippen LogP contribution in [0.3, 0.4) is 0 Å². The van der Waals surface area contributed by atoms with Crippen molar-refractivity contribution >= 4 is 12.0 Å². The van der Waals surface area contributed by atoms with Crippen LogP contribution in [0.4, 0.5) is 26.3 Å². The zero-order valence-corrected chi connectivity index (χ0v) is 17.8. The van der Waals surface area contributed by atoms with Gasteiger partial charge in [-0.2, -0.15) is 13.2 Å². The molecule has 0 saturated heterocycles. The number of alkyl halides is 6. The van der Waals surface area contributed by atoms with Crippen molar-refractivity contribution in [3.05, 3.63) is 28.8 Å². The van der Waals surface area contributed by atoms with Crippen molar-refractivity contribution < 1.29 is 64.7 Å². The zero-order chi connectivity index (χ0) is 25.5. The fourth-order valence-electron chi connectivity index (χ4n) is 2.77. The minimum absolute atomic E-state index is 0.0781. The van der Waals surface area contributed by atoms with E-state index in [1.54, 1.807) is 0 Å². The number of benzene rings is 1. The molecule has 0 radical (unpaired) electrons. The van der Waals surface area contributed by atoms with Crippen LogP contribution >= 0.6 is 0 Å². The average molecular weight is 506 g/mol. The van der Waals surface area contributed by atoms with Crippen molar-refractivity contribution in [2.75, 3.05) is 27.4 Å². The van der Waals surface area contributed by atoms with E-state index in [2.05, 4.69) is 14.4 Å². The summed E-state index contributed by atoms with van der Waals surface area (Å²) in [5.74, 6) is -2.57. The van der Waals surface area contributed by atoms with Crippen LogP contribution in [0.15, 0.2) is 17.7 Å². The Balaban J connectivity index is 2.36. The van der Waals surface area contributed by atoms with Gasteiger partial charge in [-0.3, -0.25) is 19.4 Å². The summed E-state index contributed by atoms with van der Waals surface area (Å²) in [4.78, 5) is 31.1. The number of ether oxygens (including phenoxy) is 3. The Bertz CT molecular complexity index is 867. The van der Waals surface area contributed by atoms with Gasteiger partial charge in [0.05, 0.1) is 19.8 Å². The lowest BCUT2D eigenvalue weighted by molar-refractivity contribution is -0.274. The molecule has 0 amide bonds. The number of hydrogen-bond donors (Lipinski definition) is 2. The maximum atomic E-state index is 13.7. The van der Waals surface area contributed by atoms with E-state index in [1.165, 1.54) is 21.1 Å². The van der Waals surface area contributed by atoms with Crippen LogP contribution in [-0.2, 0) is 28.9 Å². The molecule has 0 saturated carbocycles. The highest BCUT2D eigenvalue weighted by Crippen LogP contribution is 2.41. The third kappa shape index (κ3) is 8.00. The number of halogens is 6. The molecule has 0 spiro atoms. The van der Waals surface area contributed by atoms with Gasteiger partial charge in [-0.15, -0.1) is 13.2 Å². The van der Waals surface area contributed by atoms with E-state index in [0.29, 0.717) is 0 Å². The Morgan fingerprint density at radius 2 is 1.65 bits per heavy atom. The zero-order valence-electron chi connectivity index (χ0n) is 17.8. The van der Waals surface area contributed by atoms with E-state index in [0.717, 1.165) is 18.2 Å². The first-order chi connectivity index (χ1) is 15.9. The van der Waals surface area contributed by atoms with E-state index >= 15 is 0 Å². The normalized spacial score (nSPS) is 16.1. The highest BCUT2D eigenvalue weighted by Gasteiger charge is 2.49. The monoisotopic (exact) mass is 506 g/mol. The van der Waals surface area contributed by atoms with E-state index in [-0.39, 0.29) is 16.9 Å². The van der Waals surface area contributed by atoms with Crippen molar-refractivity contribution in [3.63, 3.8) is 0 Å². The van der Waals surface area contributed by atoms with Crippen molar-refractivity contribution in [2.24, 2.45) is 0 Å². The summed E-state index contributed by atoms with van der Waals surface area (Å²) in [6.07, 6.45) is -13.4. The Labute approximate surface area is 188 Å². The second kappa shape index (κ2) is 11.7. The van der Waals surface area contributed by atoms with Gasteiger partial charge in [0.1, 0.15) is 24.7 Å². The highest BCUT2D eigenvalue weighted by atomic mass is 19.4. The van der Waals surface area contributed by atoms with Crippen molar-refractivity contribution in [2.45, 2.75) is 31.7 Å². The molecule has 2 rings (SSSR count). The molecular formula is C18H20F6N2O8. The third-order valence-corrected chi connectivity index (χ3v) is 3.97. The lowest BCUT2D eigenvalue weighted by Gasteiger charge is -2.30.